The molecule has 0 radical (unpaired) electrons. The summed E-state index contributed by atoms with van der Waals surface area (Å²) < 4.78 is 28.5. The highest BCUT2D eigenvalue weighted by Crippen LogP contribution is 2.32. The van der Waals surface area contributed by atoms with Gasteiger partial charge in [-0.1, -0.05) is 18.6 Å². The highest BCUT2D eigenvalue weighted by Gasteiger charge is 2.24. The average Bonchev–Trinajstić information content (AvgIpc) is 2.82. The number of anilines is 2. The van der Waals surface area contributed by atoms with Gasteiger partial charge in [0, 0.05) is 6.54 Å². The Hall–Kier alpha value is -1.08. The summed E-state index contributed by atoms with van der Waals surface area (Å²) in [7, 11) is -3.34. The molecule has 1 aliphatic carbocycles. The van der Waals surface area contributed by atoms with Crippen LogP contribution in [-0.4, -0.2) is 25.1 Å². The Morgan fingerprint density at radius 3 is 2.90 bits per heavy atom. The summed E-state index contributed by atoms with van der Waals surface area (Å²) in [5, 5.41) is 3.78. The summed E-state index contributed by atoms with van der Waals surface area (Å²) in [5.41, 5.74) is 7.20. The molecule has 0 spiro atoms. The molecule has 5 nitrogen and oxygen atoms in total. The molecule has 1 aliphatic rings. The van der Waals surface area contributed by atoms with E-state index in [2.05, 4.69) is 15.8 Å². The molecule has 7 heteroatoms. The fourth-order valence-corrected chi connectivity index (χ4v) is 5.19. The SMILES string of the molecule is CCCS(=O)(=O)c1c(N)nsc1NCCC1=CCCCC1. The van der Waals surface area contributed by atoms with E-state index >= 15 is 0 Å². The third-order valence-corrected chi connectivity index (χ3v) is 6.50. The van der Waals surface area contributed by atoms with Crippen LogP contribution in [0.5, 0.6) is 0 Å². The Morgan fingerprint density at radius 2 is 2.24 bits per heavy atom. The Labute approximate surface area is 130 Å². The number of nitrogens with two attached hydrogens (primary N) is 1. The number of allylic oxidation sites excluding steroid dienone is 1. The summed E-state index contributed by atoms with van der Waals surface area (Å²) in [6, 6.07) is 0. The van der Waals surface area contributed by atoms with E-state index in [1.165, 1.54) is 24.8 Å². The topological polar surface area (TPSA) is 85.1 Å². The van der Waals surface area contributed by atoms with Crippen molar-refractivity contribution in [2.75, 3.05) is 23.3 Å². The van der Waals surface area contributed by atoms with Gasteiger partial charge in [-0.15, -0.1) is 0 Å². The van der Waals surface area contributed by atoms with Gasteiger partial charge in [-0.25, -0.2) is 8.42 Å². The van der Waals surface area contributed by atoms with E-state index in [-0.39, 0.29) is 16.5 Å². The van der Waals surface area contributed by atoms with E-state index in [4.69, 9.17) is 5.73 Å². The lowest BCUT2D eigenvalue weighted by Crippen LogP contribution is -2.11. The summed E-state index contributed by atoms with van der Waals surface area (Å²) in [4.78, 5) is 0.187. The zero-order chi connectivity index (χ0) is 15.3. The first kappa shape index (κ1) is 16.3. The third kappa shape index (κ3) is 4.20. The van der Waals surface area contributed by atoms with Crippen LogP contribution in [0.15, 0.2) is 16.5 Å². The Kier molecular flexibility index (Phi) is 5.64. The van der Waals surface area contributed by atoms with Crippen LogP contribution in [0.3, 0.4) is 0 Å². The van der Waals surface area contributed by atoms with Gasteiger partial charge in [-0.2, -0.15) is 4.37 Å². The first-order valence-corrected chi connectivity index (χ1v) is 9.87. The van der Waals surface area contributed by atoms with Gasteiger partial charge in [-0.05, 0) is 50.1 Å². The van der Waals surface area contributed by atoms with Gasteiger partial charge >= 0.3 is 0 Å². The maximum atomic E-state index is 12.2. The first-order chi connectivity index (χ1) is 10.0. The van der Waals surface area contributed by atoms with Gasteiger partial charge in [0.1, 0.15) is 9.90 Å². The molecule has 1 aromatic heterocycles. The molecule has 21 heavy (non-hydrogen) atoms. The maximum absolute atomic E-state index is 12.2. The van der Waals surface area contributed by atoms with Gasteiger partial charge < -0.3 is 11.1 Å². The summed E-state index contributed by atoms with van der Waals surface area (Å²) in [6.45, 7) is 2.57. The smallest absolute Gasteiger partial charge is 0.185 e. The lowest BCUT2D eigenvalue weighted by atomic mass is 9.97. The summed E-state index contributed by atoms with van der Waals surface area (Å²) >= 11 is 1.13. The van der Waals surface area contributed by atoms with E-state index in [0.717, 1.165) is 30.9 Å². The minimum atomic E-state index is -3.34. The van der Waals surface area contributed by atoms with Crippen LogP contribution in [0.4, 0.5) is 10.8 Å². The summed E-state index contributed by atoms with van der Waals surface area (Å²) in [5.74, 6) is 0.225. The Balaban J connectivity index is 2.02. The van der Waals surface area contributed by atoms with Crippen molar-refractivity contribution in [1.29, 1.82) is 0 Å². The molecule has 3 N–H and O–H groups in total. The predicted molar refractivity (Wildman–Crippen MR) is 88.5 cm³/mol. The lowest BCUT2D eigenvalue weighted by Gasteiger charge is -2.13. The normalized spacial score (nSPS) is 15.8. The molecular formula is C14H23N3O2S2. The van der Waals surface area contributed by atoms with E-state index in [0.29, 0.717) is 11.4 Å². The monoisotopic (exact) mass is 329 g/mol. The molecule has 0 saturated heterocycles. The van der Waals surface area contributed by atoms with Crippen molar-refractivity contribution in [3.8, 4) is 0 Å². The van der Waals surface area contributed by atoms with Gasteiger partial charge in [0.15, 0.2) is 15.7 Å². The second-order valence-electron chi connectivity index (χ2n) is 5.33. The predicted octanol–water partition coefficient (Wildman–Crippen LogP) is 3.21. The molecule has 0 saturated carbocycles. The van der Waals surface area contributed by atoms with Crippen LogP contribution in [-0.2, 0) is 9.84 Å². The molecule has 0 aliphatic heterocycles. The highest BCUT2D eigenvalue weighted by molar-refractivity contribution is 7.91. The fourth-order valence-electron chi connectivity index (χ4n) is 2.55. The molecule has 0 amide bonds. The minimum absolute atomic E-state index is 0.107. The molecule has 2 rings (SSSR count). The minimum Gasteiger partial charge on any atom is -0.382 e. The second-order valence-corrected chi connectivity index (χ2v) is 8.15. The molecule has 0 fully saturated rings. The molecule has 118 valence electrons. The standard InChI is InChI=1S/C14H23N3O2S2/c1-2-10-21(18,19)12-13(15)17-20-14(12)16-9-8-11-6-4-3-5-7-11/h6,16H,2-5,7-10H2,1H3,(H2,15,17). The number of hydrogen-bond donors (Lipinski definition) is 2. The van der Waals surface area contributed by atoms with Crippen molar-refractivity contribution in [3.63, 3.8) is 0 Å². The molecule has 0 atom stereocenters. The largest absolute Gasteiger partial charge is 0.382 e. The van der Waals surface area contributed by atoms with E-state index in [1.807, 2.05) is 6.92 Å². The fraction of sp³-hybridized carbons (Fsp3) is 0.643. The summed E-state index contributed by atoms with van der Waals surface area (Å²) in [6.07, 6.45) is 8.69. The highest BCUT2D eigenvalue weighted by atomic mass is 32.2. The zero-order valence-electron chi connectivity index (χ0n) is 12.4. The van der Waals surface area contributed by atoms with Gasteiger partial charge in [0.05, 0.1) is 5.75 Å². The van der Waals surface area contributed by atoms with Crippen molar-refractivity contribution >= 4 is 32.2 Å². The van der Waals surface area contributed by atoms with Crippen molar-refractivity contribution in [3.05, 3.63) is 11.6 Å². The number of nitrogen functional groups attached to an aromatic ring is 1. The van der Waals surface area contributed by atoms with Crippen molar-refractivity contribution in [2.24, 2.45) is 0 Å². The number of aromatic nitrogens is 1. The van der Waals surface area contributed by atoms with Crippen molar-refractivity contribution in [2.45, 2.75) is 50.3 Å². The second kappa shape index (κ2) is 7.26. The number of hydrogen-bond acceptors (Lipinski definition) is 6. The van der Waals surface area contributed by atoms with Crippen LogP contribution >= 0.6 is 11.5 Å². The number of sulfone groups is 1. The van der Waals surface area contributed by atoms with Crippen LogP contribution in [0, 0.1) is 0 Å². The van der Waals surface area contributed by atoms with E-state index in [1.54, 1.807) is 0 Å². The average molecular weight is 329 g/mol. The van der Waals surface area contributed by atoms with E-state index < -0.39 is 9.84 Å². The van der Waals surface area contributed by atoms with Crippen LogP contribution in [0.25, 0.3) is 0 Å². The molecule has 0 unspecified atom stereocenters. The van der Waals surface area contributed by atoms with Gasteiger partial charge in [-0.3, -0.25) is 0 Å². The Morgan fingerprint density at radius 1 is 1.43 bits per heavy atom. The quantitative estimate of drug-likeness (QED) is 0.750. The van der Waals surface area contributed by atoms with E-state index in [9.17, 15) is 8.42 Å². The Bertz CT molecular complexity index is 606. The zero-order valence-corrected chi connectivity index (χ0v) is 14.0. The number of rotatable bonds is 7. The molecular weight excluding hydrogens is 306 g/mol. The molecule has 0 bridgehead atoms. The molecule has 1 heterocycles. The first-order valence-electron chi connectivity index (χ1n) is 7.44. The molecule has 0 aromatic carbocycles. The maximum Gasteiger partial charge on any atom is 0.185 e. The third-order valence-electron chi connectivity index (χ3n) is 3.57. The van der Waals surface area contributed by atoms with Crippen LogP contribution in [0.1, 0.15) is 45.4 Å². The van der Waals surface area contributed by atoms with Gasteiger partial charge in [0.25, 0.3) is 0 Å². The van der Waals surface area contributed by atoms with Crippen molar-refractivity contribution < 1.29 is 8.42 Å². The van der Waals surface area contributed by atoms with Crippen molar-refractivity contribution in [1.82, 2.24) is 4.37 Å². The van der Waals surface area contributed by atoms with Crippen LogP contribution in [0.2, 0.25) is 0 Å². The lowest BCUT2D eigenvalue weighted by molar-refractivity contribution is 0.595. The number of nitrogens with zero attached hydrogens (tertiary/aromatic N) is 1. The van der Waals surface area contributed by atoms with Crippen LogP contribution < -0.4 is 11.1 Å². The number of nitrogens with one attached hydrogen (secondary N) is 1. The van der Waals surface area contributed by atoms with Gasteiger partial charge in [0.2, 0.25) is 0 Å². The molecule has 1 aromatic rings.